The normalized spacial score (nSPS) is 18.5. The van der Waals surface area contributed by atoms with Crippen molar-refractivity contribution >= 4 is 11.7 Å². The van der Waals surface area contributed by atoms with E-state index in [1.54, 1.807) is 12.3 Å². The number of H-pyrrole nitrogens is 2. The van der Waals surface area contributed by atoms with Crippen LogP contribution < -0.4 is 15.8 Å². The lowest BCUT2D eigenvalue weighted by Crippen LogP contribution is -2.49. The molecule has 0 aromatic carbocycles. The first-order valence-corrected chi connectivity index (χ1v) is 6.83. The Kier molecular flexibility index (Phi) is 3.67. The Morgan fingerprint density at radius 1 is 1.43 bits per heavy atom. The number of hydrogen-bond donors (Lipinski definition) is 3. The monoisotopic (exact) mass is 288 g/mol. The molecule has 3 rings (SSSR count). The molecule has 1 unspecified atom stereocenters. The van der Waals surface area contributed by atoms with Crippen molar-refractivity contribution in [3.8, 4) is 0 Å². The quantitative estimate of drug-likeness (QED) is 0.730. The smallest absolute Gasteiger partial charge is 0.290 e. The van der Waals surface area contributed by atoms with Gasteiger partial charge in [-0.3, -0.25) is 14.7 Å². The number of aromatic nitrogens is 4. The summed E-state index contributed by atoms with van der Waals surface area (Å²) in [5, 5.41) is 9.34. The molecule has 1 aliphatic heterocycles. The summed E-state index contributed by atoms with van der Waals surface area (Å²) in [5.74, 6) is 0.215. The summed E-state index contributed by atoms with van der Waals surface area (Å²) in [6.07, 6.45) is 6.37. The van der Waals surface area contributed by atoms with Gasteiger partial charge in [0.25, 0.3) is 11.5 Å². The molecule has 0 spiro atoms. The Morgan fingerprint density at radius 3 is 3.10 bits per heavy atom. The molecule has 1 atom stereocenters. The number of piperidine rings is 1. The van der Waals surface area contributed by atoms with E-state index in [1.165, 1.54) is 12.4 Å². The van der Waals surface area contributed by atoms with Crippen LogP contribution in [-0.2, 0) is 0 Å². The Morgan fingerprint density at radius 2 is 2.33 bits per heavy atom. The molecule has 0 radical (unpaired) electrons. The fraction of sp³-hybridized carbons (Fsp3) is 0.385. The molecule has 8 nitrogen and oxygen atoms in total. The van der Waals surface area contributed by atoms with Gasteiger partial charge in [-0.2, -0.15) is 5.10 Å². The van der Waals surface area contributed by atoms with Gasteiger partial charge in [-0.25, -0.2) is 4.98 Å². The summed E-state index contributed by atoms with van der Waals surface area (Å²) in [6.45, 7) is 1.33. The van der Waals surface area contributed by atoms with Crippen molar-refractivity contribution in [2.75, 3.05) is 18.0 Å². The van der Waals surface area contributed by atoms with Crippen LogP contribution in [0.15, 0.2) is 29.5 Å². The number of nitrogens with one attached hydrogen (secondary N) is 3. The van der Waals surface area contributed by atoms with Crippen LogP contribution in [0, 0.1) is 0 Å². The number of carbonyl (C=O) groups excluding carboxylic acids is 1. The summed E-state index contributed by atoms with van der Waals surface area (Å²) in [6, 6.07) is 1.61. The summed E-state index contributed by atoms with van der Waals surface area (Å²) < 4.78 is 0. The number of aromatic amines is 2. The SMILES string of the molecule is O=C(NC1CCCN(c2ncc[nH]c2=O)C1)c1ccn[nH]1. The van der Waals surface area contributed by atoms with E-state index in [0.29, 0.717) is 18.1 Å². The van der Waals surface area contributed by atoms with Crippen molar-refractivity contribution < 1.29 is 4.79 Å². The van der Waals surface area contributed by atoms with Gasteiger partial charge < -0.3 is 15.2 Å². The van der Waals surface area contributed by atoms with E-state index in [9.17, 15) is 9.59 Å². The zero-order chi connectivity index (χ0) is 14.7. The van der Waals surface area contributed by atoms with Gasteiger partial charge >= 0.3 is 0 Å². The summed E-state index contributed by atoms with van der Waals surface area (Å²) in [5.41, 5.74) is 0.223. The summed E-state index contributed by atoms with van der Waals surface area (Å²) in [4.78, 5) is 32.4. The Hall–Kier alpha value is -2.64. The third-order valence-corrected chi connectivity index (χ3v) is 3.49. The molecule has 2 aromatic rings. The van der Waals surface area contributed by atoms with Gasteiger partial charge in [0.15, 0.2) is 5.82 Å². The standard InChI is InChI=1S/C13H16N6O2/c20-12(10-3-4-16-18-10)17-9-2-1-7-19(8-9)11-13(21)15-6-5-14-11/h3-6,9H,1-2,7-8H2,(H,15,21)(H,16,18)(H,17,20). The third-order valence-electron chi connectivity index (χ3n) is 3.49. The zero-order valence-electron chi connectivity index (χ0n) is 11.4. The second-order valence-electron chi connectivity index (χ2n) is 4.97. The van der Waals surface area contributed by atoms with E-state index < -0.39 is 0 Å². The summed E-state index contributed by atoms with van der Waals surface area (Å²) >= 11 is 0. The van der Waals surface area contributed by atoms with Gasteiger partial charge in [-0.05, 0) is 18.9 Å². The number of hydrogen-bond acceptors (Lipinski definition) is 5. The first kappa shape index (κ1) is 13.3. The molecule has 0 aliphatic carbocycles. The zero-order valence-corrected chi connectivity index (χ0v) is 11.4. The van der Waals surface area contributed by atoms with E-state index in [2.05, 4.69) is 25.5 Å². The lowest BCUT2D eigenvalue weighted by molar-refractivity contribution is 0.0928. The summed E-state index contributed by atoms with van der Waals surface area (Å²) in [7, 11) is 0. The second-order valence-corrected chi connectivity index (χ2v) is 4.97. The molecule has 2 aromatic heterocycles. The van der Waals surface area contributed by atoms with Crippen molar-refractivity contribution in [1.82, 2.24) is 25.5 Å². The molecule has 3 heterocycles. The molecule has 1 aliphatic rings. The predicted molar refractivity (Wildman–Crippen MR) is 76.1 cm³/mol. The van der Waals surface area contributed by atoms with Crippen molar-refractivity contribution in [3.05, 3.63) is 40.7 Å². The first-order valence-electron chi connectivity index (χ1n) is 6.83. The van der Waals surface area contributed by atoms with Gasteiger partial charge in [0.2, 0.25) is 0 Å². The van der Waals surface area contributed by atoms with Crippen molar-refractivity contribution in [1.29, 1.82) is 0 Å². The average Bonchev–Trinajstić information content (AvgIpc) is 3.02. The topological polar surface area (TPSA) is 107 Å². The van der Waals surface area contributed by atoms with Crippen molar-refractivity contribution in [2.45, 2.75) is 18.9 Å². The molecular weight excluding hydrogens is 272 g/mol. The van der Waals surface area contributed by atoms with Crippen LogP contribution in [0.1, 0.15) is 23.3 Å². The van der Waals surface area contributed by atoms with E-state index in [1.807, 2.05) is 4.90 Å². The highest BCUT2D eigenvalue weighted by atomic mass is 16.2. The van der Waals surface area contributed by atoms with Crippen LogP contribution in [0.2, 0.25) is 0 Å². The van der Waals surface area contributed by atoms with Crippen LogP contribution in [0.25, 0.3) is 0 Å². The van der Waals surface area contributed by atoms with Gasteiger partial charge in [0.1, 0.15) is 5.69 Å². The Balaban J connectivity index is 1.68. The van der Waals surface area contributed by atoms with Crippen LogP contribution in [-0.4, -0.2) is 45.2 Å². The fourth-order valence-electron chi connectivity index (χ4n) is 2.50. The number of rotatable bonds is 3. The molecule has 3 N–H and O–H groups in total. The van der Waals surface area contributed by atoms with E-state index in [-0.39, 0.29) is 17.5 Å². The number of amides is 1. The fourth-order valence-corrected chi connectivity index (χ4v) is 2.50. The minimum absolute atomic E-state index is 0.0176. The van der Waals surface area contributed by atoms with Crippen LogP contribution in [0.3, 0.4) is 0 Å². The van der Waals surface area contributed by atoms with Crippen LogP contribution in [0.4, 0.5) is 5.82 Å². The lowest BCUT2D eigenvalue weighted by atomic mass is 10.1. The maximum atomic E-state index is 12.0. The molecule has 1 saturated heterocycles. The average molecular weight is 288 g/mol. The molecule has 1 amide bonds. The molecule has 0 bridgehead atoms. The highest BCUT2D eigenvalue weighted by Gasteiger charge is 2.24. The van der Waals surface area contributed by atoms with Crippen LogP contribution in [0.5, 0.6) is 0 Å². The van der Waals surface area contributed by atoms with Gasteiger partial charge in [-0.15, -0.1) is 0 Å². The van der Waals surface area contributed by atoms with Crippen molar-refractivity contribution in [2.24, 2.45) is 0 Å². The highest BCUT2D eigenvalue weighted by Crippen LogP contribution is 2.14. The molecule has 1 fully saturated rings. The maximum Gasteiger partial charge on any atom is 0.290 e. The number of carbonyl (C=O) groups is 1. The maximum absolute atomic E-state index is 12.0. The third kappa shape index (κ3) is 2.93. The Labute approximate surface area is 120 Å². The molecule has 0 saturated carbocycles. The highest BCUT2D eigenvalue weighted by molar-refractivity contribution is 5.92. The van der Waals surface area contributed by atoms with E-state index in [0.717, 1.165) is 19.4 Å². The van der Waals surface area contributed by atoms with Crippen molar-refractivity contribution in [3.63, 3.8) is 0 Å². The first-order chi connectivity index (χ1) is 10.2. The van der Waals surface area contributed by atoms with Gasteiger partial charge in [0, 0.05) is 37.7 Å². The predicted octanol–water partition coefficient (Wildman–Crippen LogP) is -0.108. The van der Waals surface area contributed by atoms with Gasteiger partial charge in [-0.1, -0.05) is 0 Å². The number of nitrogens with zero attached hydrogens (tertiary/aromatic N) is 3. The minimum atomic E-state index is -0.210. The second kappa shape index (κ2) is 5.78. The lowest BCUT2D eigenvalue weighted by Gasteiger charge is -2.33. The van der Waals surface area contributed by atoms with Gasteiger partial charge in [0.05, 0.1) is 0 Å². The van der Waals surface area contributed by atoms with E-state index in [4.69, 9.17) is 0 Å². The van der Waals surface area contributed by atoms with E-state index >= 15 is 0 Å². The molecular formula is C13H16N6O2. The molecule has 8 heteroatoms. The minimum Gasteiger partial charge on any atom is -0.350 e. The Bertz CT molecular complexity index is 665. The molecule has 21 heavy (non-hydrogen) atoms. The molecule has 110 valence electrons. The largest absolute Gasteiger partial charge is 0.350 e. The van der Waals surface area contributed by atoms with Crippen LogP contribution >= 0.6 is 0 Å². The number of anilines is 1.